The van der Waals surface area contributed by atoms with Crippen molar-refractivity contribution in [3.63, 3.8) is 0 Å². The van der Waals surface area contributed by atoms with Crippen LogP contribution in [0.15, 0.2) is 438 Å². The number of benzene rings is 14. The van der Waals surface area contributed by atoms with Crippen molar-refractivity contribution in [2.45, 2.75) is 0 Å². The van der Waals surface area contributed by atoms with Crippen LogP contribution in [0.2, 0.25) is 0 Å². The molecule has 12 nitrogen and oxygen atoms in total. The summed E-state index contributed by atoms with van der Waals surface area (Å²) in [5.74, 6) is -13.2. The van der Waals surface area contributed by atoms with Gasteiger partial charge in [-0.1, -0.05) is 188 Å². The molecule has 0 fully saturated rings. The van der Waals surface area contributed by atoms with E-state index in [0.29, 0.717) is 76.7 Å². The van der Waals surface area contributed by atoms with E-state index in [1.807, 2.05) is 161 Å². The Bertz CT molecular complexity index is 9160. The van der Waals surface area contributed by atoms with Crippen molar-refractivity contribution in [2.24, 2.45) is 0 Å². The van der Waals surface area contributed by atoms with Crippen LogP contribution in [0.1, 0.15) is 0 Å². The summed E-state index contributed by atoms with van der Waals surface area (Å²) in [6.07, 6.45) is 11.4. The monoisotopic (exact) mass is 1960 g/mol. The van der Waals surface area contributed by atoms with Crippen molar-refractivity contribution < 1.29 is 52.7 Å². The van der Waals surface area contributed by atoms with Crippen LogP contribution in [0, 0.1) is 69.8 Å². The van der Waals surface area contributed by atoms with Gasteiger partial charge in [-0.25, -0.2) is 67.6 Å². The Kier molecular flexibility index (Phi) is 23.3. The van der Waals surface area contributed by atoms with Gasteiger partial charge in [-0.3, -0.25) is 15.0 Å². The van der Waals surface area contributed by atoms with E-state index in [1.165, 1.54) is 74.5 Å². The van der Waals surface area contributed by atoms with E-state index in [1.54, 1.807) is 205 Å². The summed E-state index contributed by atoms with van der Waals surface area (Å²) in [7, 11) is 0. The lowest BCUT2D eigenvalue weighted by Crippen LogP contribution is -2.09. The molecule has 0 bridgehead atoms. The lowest BCUT2D eigenvalue weighted by atomic mass is 9.96. The minimum atomic E-state index is -1.50. The summed E-state index contributed by atoms with van der Waals surface area (Å²) in [6.45, 7) is 0. The predicted molar refractivity (Wildman–Crippen MR) is 560 cm³/mol. The standard InChI is InChI=1S/C34H21F2N3.C33H20F2N4.C32H18F4N2.C25H13F4N3/c35-25-11-15-33-28(20-25)29-21-26(36)12-16-34(29)39(33)27-13-9-22(10-14-27)24-18-31(23-6-2-1-3-7-23)38-32(19-24)30-8-4-5-17-37-30;34-23-9-13-32-26(19-23)27-20-24(35)10-14-33(27)39(32)25-11-7-21(8-12-25)22-17-30(28-5-1-3-15-36-28)38-31(18-22)29-6-2-4-16-37-29;33-28-27(22-18-37-17-9-8-16-25(37)26(22)19-10-2-1-3-11-19)29(34)31(36)32(30(28)35)38-23-14-6-4-12-20(23)21-13-5-7-15-24(21)38;26-21-20(16-13-31-12-6-5-11-19(31)30-16)22(27)24(29)25(23(21)28)32-17-9-3-1-7-14(17)15-8-2-4-10-18(15)32/h1-21H;1-20H;1-18H;1-13H. The SMILES string of the molecule is Fc1c(F)c(-n2c3ccccc3c3ccccc32)c(F)c(F)c1-c1cn2ccccc2c1-c1ccccc1.Fc1c(F)c(-n2c3ccccc3c3ccccc32)c(F)c(F)c1-c1cn2ccccc2n1.Fc1ccc2c(c1)c1cc(F)ccc1n2-c1ccc(-c2cc(-c3ccccc3)nc(-c3ccccn3)c2)cc1.Fc1ccc2c(c1)c1cc(F)ccc1n2-c1ccc(-c2cc(-c3ccccn3)nc(-c3ccccn3)c2)cc1. The van der Waals surface area contributed by atoms with Gasteiger partial charge < -0.3 is 27.1 Å². The van der Waals surface area contributed by atoms with E-state index in [2.05, 4.69) is 44.2 Å². The molecule has 0 amide bonds. The second-order valence-electron chi connectivity index (χ2n) is 35.2. The smallest absolute Gasteiger partial charge is 0.186 e. The van der Waals surface area contributed by atoms with Gasteiger partial charge >= 0.3 is 0 Å². The molecule has 13 heterocycles. The topological polar surface area (TPSA) is 106 Å². The minimum absolute atomic E-state index is 0.0592. The maximum atomic E-state index is 16.0. The lowest BCUT2D eigenvalue weighted by molar-refractivity contribution is 0.453. The molecule has 148 heavy (non-hydrogen) atoms. The second-order valence-corrected chi connectivity index (χ2v) is 35.2. The zero-order valence-corrected chi connectivity index (χ0v) is 77.5. The fourth-order valence-electron chi connectivity index (χ4n) is 19.9. The molecule has 0 saturated heterocycles. The highest BCUT2D eigenvalue weighted by Crippen LogP contribution is 2.47. The first-order chi connectivity index (χ1) is 72.4. The number of para-hydroxylation sites is 4. The summed E-state index contributed by atoms with van der Waals surface area (Å²) in [5.41, 5.74) is 16.2. The first kappa shape index (κ1) is 91.1. The molecule has 0 unspecified atom stereocenters. The Morgan fingerprint density at radius 2 is 0.507 bits per heavy atom. The highest BCUT2D eigenvalue weighted by atomic mass is 19.2. The molecule has 0 aliphatic rings. The summed E-state index contributed by atoms with van der Waals surface area (Å²) in [5, 5.41) is 5.56. The van der Waals surface area contributed by atoms with Crippen molar-refractivity contribution in [3.8, 4) is 124 Å². The minimum Gasteiger partial charge on any atom is -0.323 e. The molecular weight excluding hydrogens is 1890 g/mol. The molecule has 0 spiro atoms. The van der Waals surface area contributed by atoms with E-state index in [4.69, 9.17) is 9.97 Å². The average Bonchev–Trinajstić information content (AvgIpc) is 1.74. The molecule has 712 valence electrons. The van der Waals surface area contributed by atoms with Crippen molar-refractivity contribution >= 4 is 98.4 Å². The third kappa shape index (κ3) is 16.3. The zero-order chi connectivity index (χ0) is 101. The maximum Gasteiger partial charge on any atom is 0.186 e. The van der Waals surface area contributed by atoms with Crippen LogP contribution in [0.3, 0.4) is 0 Å². The molecule has 13 aromatic heterocycles. The van der Waals surface area contributed by atoms with Gasteiger partial charge in [0.2, 0.25) is 0 Å². The predicted octanol–water partition coefficient (Wildman–Crippen LogP) is 32.7. The van der Waals surface area contributed by atoms with Gasteiger partial charge in [-0.05, 0) is 234 Å². The third-order valence-electron chi connectivity index (χ3n) is 26.5. The number of fused-ring (bicyclic) bond motifs is 14. The second kappa shape index (κ2) is 37.8. The van der Waals surface area contributed by atoms with Crippen LogP contribution in [-0.2, 0) is 0 Å². The van der Waals surface area contributed by atoms with Crippen LogP contribution < -0.4 is 0 Å². The van der Waals surface area contributed by atoms with E-state index in [9.17, 15) is 17.6 Å². The molecule has 0 atom stereocenters. The number of pyridine rings is 7. The summed E-state index contributed by atoms with van der Waals surface area (Å²) in [4.78, 5) is 27.4. The number of halogens is 12. The molecule has 0 saturated carbocycles. The van der Waals surface area contributed by atoms with Gasteiger partial charge in [0, 0.05) is 115 Å². The Labute approximate surface area is 834 Å². The number of nitrogens with zero attached hydrogens (tertiary/aromatic N) is 12. The largest absolute Gasteiger partial charge is 0.323 e. The van der Waals surface area contributed by atoms with Crippen molar-refractivity contribution in [3.05, 3.63) is 507 Å². The number of rotatable bonds is 13. The van der Waals surface area contributed by atoms with Crippen LogP contribution in [0.5, 0.6) is 0 Å². The quantitative estimate of drug-likeness (QED) is 0.0841. The summed E-state index contributed by atoms with van der Waals surface area (Å²) >= 11 is 0. The van der Waals surface area contributed by atoms with Crippen molar-refractivity contribution in [2.75, 3.05) is 0 Å². The Balaban J connectivity index is 0.000000106. The van der Waals surface area contributed by atoms with Crippen LogP contribution in [0.25, 0.3) is 222 Å². The zero-order valence-electron chi connectivity index (χ0n) is 77.5. The van der Waals surface area contributed by atoms with E-state index >= 15 is 35.1 Å². The molecule has 14 aromatic carbocycles. The number of imidazole rings is 1. The fourth-order valence-corrected chi connectivity index (χ4v) is 19.9. The van der Waals surface area contributed by atoms with Gasteiger partial charge in [0.25, 0.3) is 0 Å². The molecule has 27 aromatic rings. The first-order valence-corrected chi connectivity index (χ1v) is 47.0. The van der Waals surface area contributed by atoms with Gasteiger partial charge in [-0.15, -0.1) is 0 Å². The normalized spacial score (nSPS) is 11.5. The van der Waals surface area contributed by atoms with Crippen LogP contribution in [-0.4, -0.2) is 57.0 Å². The fraction of sp³-hybridized carbons (Fsp3) is 0. The maximum absolute atomic E-state index is 16.0. The lowest BCUT2D eigenvalue weighted by Gasteiger charge is -2.15. The summed E-state index contributed by atoms with van der Waals surface area (Å²) < 4.78 is 192. The number of hydrogen-bond donors (Lipinski definition) is 0. The Hall–Kier alpha value is -19.4. The van der Waals surface area contributed by atoms with E-state index in [0.717, 1.165) is 112 Å². The van der Waals surface area contributed by atoms with Gasteiger partial charge in [-0.2, -0.15) is 0 Å². The van der Waals surface area contributed by atoms with Gasteiger partial charge in [0.05, 0.1) is 106 Å². The van der Waals surface area contributed by atoms with Crippen LogP contribution >= 0.6 is 0 Å². The Morgan fingerprint density at radius 1 is 0.182 bits per heavy atom. The molecule has 24 heteroatoms. The van der Waals surface area contributed by atoms with Crippen molar-refractivity contribution in [1.82, 2.24) is 57.0 Å². The average molecular weight is 1960 g/mol. The van der Waals surface area contributed by atoms with Crippen molar-refractivity contribution in [1.29, 1.82) is 0 Å². The number of aromatic nitrogens is 12. The molecule has 0 N–H and O–H groups in total. The first-order valence-electron chi connectivity index (χ1n) is 47.0. The molecular formula is C124H72F12N12. The van der Waals surface area contributed by atoms with Gasteiger partial charge in [0.15, 0.2) is 46.5 Å². The molecule has 0 aliphatic heterocycles. The van der Waals surface area contributed by atoms with E-state index in [-0.39, 0.29) is 34.5 Å². The Morgan fingerprint density at radius 3 is 0.892 bits per heavy atom. The highest BCUT2D eigenvalue weighted by molar-refractivity contribution is 6.13. The molecule has 27 rings (SSSR count). The number of hydrogen-bond acceptors (Lipinski definition) is 6. The highest BCUT2D eigenvalue weighted by Gasteiger charge is 2.35. The van der Waals surface area contributed by atoms with E-state index < -0.39 is 69.0 Å². The van der Waals surface area contributed by atoms with Gasteiger partial charge in [0.1, 0.15) is 40.3 Å². The molecule has 0 radical (unpaired) electrons. The molecule has 0 aliphatic carbocycles. The third-order valence-corrected chi connectivity index (χ3v) is 26.5. The van der Waals surface area contributed by atoms with Crippen LogP contribution in [0.4, 0.5) is 52.7 Å². The summed E-state index contributed by atoms with van der Waals surface area (Å²) in [6, 6.07) is 118.